The van der Waals surface area contributed by atoms with Gasteiger partial charge in [0.25, 0.3) is 0 Å². The van der Waals surface area contributed by atoms with E-state index in [-0.39, 0.29) is 11.2 Å². The summed E-state index contributed by atoms with van der Waals surface area (Å²) in [4.78, 5) is 17.5. The first-order valence-electron chi connectivity index (χ1n) is 10.4. The molecular weight excluding hydrogens is 424 g/mol. The number of hydrogen-bond donors (Lipinski definition) is 1. The first kappa shape index (κ1) is 21.8. The van der Waals surface area contributed by atoms with E-state index in [1.165, 1.54) is 17.3 Å². The SMILES string of the molecule is CCC(Sc1nnc(-c2ccco2)c(-c2ccco2)n1)C(=O)Nc1ccc(C(C)C)cc1. The highest BCUT2D eigenvalue weighted by molar-refractivity contribution is 8.00. The number of furan rings is 2. The topological polar surface area (TPSA) is 94.1 Å². The Morgan fingerprint density at radius 3 is 2.19 bits per heavy atom. The quantitative estimate of drug-likeness (QED) is 0.329. The number of nitrogens with zero attached hydrogens (tertiary/aromatic N) is 3. The molecule has 3 heterocycles. The Hall–Kier alpha value is -3.39. The van der Waals surface area contributed by atoms with E-state index in [4.69, 9.17) is 8.83 Å². The van der Waals surface area contributed by atoms with Crippen LogP contribution in [0.1, 0.15) is 38.7 Å². The molecule has 0 radical (unpaired) electrons. The van der Waals surface area contributed by atoms with Gasteiger partial charge in [0.1, 0.15) is 5.69 Å². The largest absolute Gasteiger partial charge is 0.463 e. The van der Waals surface area contributed by atoms with Crippen molar-refractivity contribution in [1.82, 2.24) is 15.2 Å². The number of rotatable bonds is 8. The van der Waals surface area contributed by atoms with Gasteiger partial charge in [-0.25, -0.2) is 4.98 Å². The maximum absolute atomic E-state index is 12.9. The minimum atomic E-state index is -0.375. The Balaban J connectivity index is 1.54. The van der Waals surface area contributed by atoms with Crippen LogP contribution in [0.25, 0.3) is 22.9 Å². The van der Waals surface area contributed by atoms with E-state index in [1.54, 1.807) is 36.8 Å². The van der Waals surface area contributed by atoms with Gasteiger partial charge in [-0.05, 0) is 54.3 Å². The molecule has 1 aromatic carbocycles. The summed E-state index contributed by atoms with van der Waals surface area (Å²) in [5, 5.41) is 11.6. The minimum absolute atomic E-state index is 0.104. The number of nitrogens with one attached hydrogen (secondary N) is 1. The normalized spacial score (nSPS) is 12.1. The van der Waals surface area contributed by atoms with Gasteiger partial charge in [-0.3, -0.25) is 4.79 Å². The zero-order chi connectivity index (χ0) is 22.5. The van der Waals surface area contributed by atoms with E-state index in [1.807, 2.05) is 31.2 Å². The molecule has 4 aromatic rings. The second kappa shape index (κ2) is 9.82. The van der Waals surface area contributed by atoms with Gasteiger partial charge in [0.05, 0.1) is 17.8 Å². The van der Waals surface area contributed by atoms with Crippen molar-refractivity contribution < 1.29 is 13.6 Å². The van der Waals surface area contributed by atoms with E-state index in [2.05, 4.69) is 34.3 Å². The standard InChI is InChI=1S/C24H24N4O3S/c1-4-20(23(29)25-17-11-9-16(10-12-17)15(2)3)32-24-26-21(18-7-5-13-30-18)22(27-28-24)19-8-6-14-31-19/h5-15,20H,4H2,1-3H3,(H,25,29). The Morgan fingerprint density at radius 1 is 0.969 bits per heavy atom. The second-order valence-corrected chi connectivity index (χ2v) is 8.70. The molecule has 1 unspecified atom stereocenters. The van der Waals surface area contributed by atoms with Crippen LogP contribution in [0.15, 0.2) is 75.0 Å². The summed E-state index contributed by atoms with van der Waals surface area (Å²) in [6.07, 6.45) is 3.75. The van der Waals surface area contributed by atoms with Crippen LogP contribution < -0.4 is 5.32 Å². The molecule has 0 fully saturated rings. The number of anilines is 1. The van der Waals surface area contributed by atoms with Crippen molar-refractivity contribution >= 4 is 23.4 Å². The summed E-state index contributed by atoms with van der Waals surface area (Å²) in [6.45, 7) is 6.23. The zero-order valence-electron chi connectivity index (χ0n) is 18.1. The number of hydrogen-bond acceptors (Lipinski definition) is 7. The van der Waals surface area contributed by atoms with Gasteiger partial charge in [-0.1, -0.05) is 44.7 Å². The van der Waals surface area contributed by atoms with Crippen LogP contribution >= 0.6 is 11.8 Å². The molecule has 0 bridgehead atoms. The lowest BCUT2D eigenvalue weighted by Crippen LogP contribution is -2.25. The van der Waals surface area contributed by atoms with E-state index in [0.29, 0.717) is 40.4 Å². The molecule has 7 nitrogen and oxygen atoms in total. The van der Waals surface area contributed by atoms with E-state index in [9.17, 15) is 4.79 Å². The van der Waals surface area contributed by atoms with Gasteiger partial charge < -0.3 is 14.2 Å². The monoisotopic (exact) mass is 448 g/mol. The average Bonchev–Trinajstić information content (AvgIpc) is 3.52. The van der Waals surface area contributed by atoms with Crippen molar-refractivity contribution in [2.45, 2.75) is 43.5 Å². The second-order valence-electron chi connectivity index (χ2n) is 7.53. The Morgan fingerprint density at radius 2 is 1.62 bits per heavy atom. The predicted octanol–water partition coefficient (Wildman–Crippen LogP) is 6.02. The molecule has 32 heavy (non-hydrogen) atoms. The molecule has 164 valence electrons. The molecule has 0 saturated carbocycles. The maximum Gasteiger partial charge on any atom is 0.237 e. The summed E-state index contributed by atoms with van der Waals surface area (Å²) in [5.74, 6) is 1.43. The van der Waals surface area contributed by atoms with Gasteiger partial charge in [0, 0.05) is 5.69 Å². The van der Waals surface area contributed by atoms with E-state index >= 15 is 0 Å². The summed E-state index contributed by atoms with van der Waals surface area (Å²) in [6, 6.07) is 15.1. The highest BCUT2D eigenvalue weighted by Gasteiger charge is 2.23. The summed E-state index contributed by atoms with van der Waals surface area (Å²) >= 11 is 1.27. The molecule has 1 amide bonds. The first-order chi connectivity index (χ1) is 15.5. The third-order valence-electron chi connectivity index (χ3n) is 4.93. The number of aromatic nitrogens is 3. The Bertz CT molecular complexity index is 1160. The molecule has 0 aliphatic rings. The third kappa shape index (κ3) is 4.91. The molecule has 0 aliphatic heterocycles. The molecule has 0 aliphatic carbocycles. The first-order valence-corrected chi connectivity index (χ1v) is 11.3. The van der Waals surface area contributed by atoms with Crippen LogP contribution in [0.2, 0.25) is 0 Å². The van der Waals surface area contributed by atoms with Crippen LogP contribution in [-0.4, -0.2) is 26.3 Å². The highest BCUT2D eigenvalue weighted by atomic mass is 32.2. The van der Waals surface area contributed by atoms with Crippen LogP contribution in [0.4, 0.5) is 5.69 Å². The van der Waals surface area contributed by atoms with Crippen LogP contribution in [0, 0.1) is 0 Å². The summed E-state index contributed by atoms with van der Waals surface area (Å²) in [5.41, 5.74) is 2.99. The molecule has 4 rings (SSSR count). The Labute approximate surface area is 190 Å². The summed E-state index contributed by atoms with van der Waals surface area (Å²) in [7, 11) is 0. The van der Waals surface area contributed by atoms with E-state index in [0.717, 1.165) is 5.69 Å². The molecular formula is C24H24N4O3S. The molecule has 1 N–H and O–H groups in total. The van der Waals surface area contributed by atoms with Crippen molar-refractivity contribution in [2.24, 2.45) is 0 Å². The lowest BCUT2D eigenvalue weighted by atomic mass is 10.0. The number of thioether (sulfide) groups is 1. The molecule has 1 atom stereocenters. The van der Waals surface area contributed by atoms with Crippen molar-refractivity contribution in [3.63, 3.8) is 0 Å². The fourth-order valence-electron chi connectivity index (χ4n) is 3.15. The van der Waals surface area contributed by atoms with Crippen molar-refractivity contribution in [1.29, 1.82) is 0 Å². The van der Waals surface area contributed by atoms with Gasteiger partial charge in [-0.15, -0.1) is 10.2 Å². The van der Waals surface area contributed by atoms with Gasteiger partial charge >= 0.3 is 0 Å². The zero-order valence-corrected chi connectivity index (χ0v) is 18.9. The van der Waals surface area contributed by atoms with Crippen molar-refractivity contribution in [3.05, 3.63) is 66.6 Å². The molecule has 3 aromatic heterocycles. The van der Waals surface area contributed by atoms with Gasteiger partial charge in [0.15, 0.2) is 17.2 Å². The lowest BCUT2D eigenvalue weighted by molar-refractivity contribution is -0.115. The van der Waals surface area contributed by atoms with Crippen molar-refractivity contribution in [2.75, 3.05) is 5.32 Å². The molecule has 0 spiro atoms. The highest BCUT2D eigenvalue weighted by Crippen LogP contribution is 2.32. The average molecular weight is 449 g/mol. The number of carbonyl (C=O) groups excluding carboxylic acids is 1. The molecule has 0 saturated heterocycles. The number of amides is 1. The lowest BCUT2D eigenvalue weighted by Gasteiger charge is -2.15. The van der Waals surface area contributed by atoms with Crippen LogP contribution in [-0.2, 0) is 4.79 Å². The fourth-order valence-corrected chi connectivity index (χ4v) is 3.97. The fraction of sp³-hybridized carbons (Fsp3) is 0.250. The van der Waals surface area contributed by atoms with Gasteiger partial charge in [-0.2, -0.15) is 0 Å². The van der Waals surface area contributed by atoms with Gasteiger partial charge in [0.2, 0.25) is 11.1 Å². The smallest absolute Gasteiger partial charge is 0.237 e. The Kier molecular flexibility index (Phi) is 6.70. The van der Waals surface area contributed by atoms with Crippen molar-refractivity contribution in [3.8, 4) is 22.9 Å². The van der Waals surface area contributed by atoms with Crippen LogP contribution in [0.5, 0.6) is 0 Å². The summed E-state index contributed by atoms with van der Waals surface area (Å²) < 4.78 is 11.0. The maximum atomic E-state index is 12.9. The predicted molar refractivity (Wildman–Crippen MR) is 124 cm³/mol. The minimum Gasteiger partial charge on any atom is -0.463 e. The van der Waals surface area contributed by atoms with Crippen LogP contribution in [0.3, 0.4) is 0 Å². The molecule has 8 heteroatoms. The third-order valence-corrected chi connectivity index (χ3v) is 6.15. The number of carbonyl (C=O) groups is 1. The number of benzene rings is 1. The van der Waals surface area contributed by atoms with E-state index < -0.39 is 0 Å².